The molecule has 0 bridgehead atoms. The van der Waals surface area contributed by atoms with Crippen LogP contribution in [0.15, 0.2) is 36.0 Å². The van der Waals surface area contributed by atoms with Crippen molar-refractivity contribution < 1.29 is 18.0 Å². The fourth-order valence-corrected chi connectivity index (χ4v) is 2.69. The lowest BCUT2D eigenvalue weighted by Crippen LogP contribution is -2.39. The van der Waals surface area contributed by atoms with Crippen LogP contribution in [0.1, 0.15) is 31.7 Å². The summed E-state index contributed by atoms with van der Waals surface area (Å²) in [6.45, 7) is 3.24. The van der Waals surface area contributed by atoms with Crippen LogP contribution >= 0.6 is 0 Å². The number of amides is 1. The maximum Gasteiger partial charge on any atom is 0.484 e. The van der Waals surface area contributed by atoms with Gasteiger partial charge in [-0.15, -0.1) is 0 Å². The van der Waals surface area contributed by atoms with Crippen LogP contribution in [-0.2, 0) is 4.79 Å². The summed E-state index contributed by atoms with van der Waals surface area (Å²) in [7, 11) is 0. The van der Waals surface area contributed by atoms with E-state index in [2.05, 4.69) is 0 Å². The highest BCUT2D eigenvalue weighted by Crippen LogP contribution is 2.25. The number of nitrogens with one attached hydrogen (secondary N) is 1. The average Bonchev–Trinajstić information content (AvgIpc) is 2.47. The van der Waals surface area contributed by atoms with Crippen LogP contribution in [0, 0.1) is 0 Å². The summed E-state index contributed by atoms with van der Waals surface area (Å²) in [6.07, 6.45) is -1.65. The molecule has 1 amide bonds. The first-order valence-corrected chi connectivity index (χ1v) is 7.29. The van der Waals surface area contributed by atoms with Crippen LogP contribution < -0.4 is 5.32 Å². The van der Waals surface area contributed by atoms with Crippen LogP contribution in [0.25, 0.3) is 5.57 Å². The number of piperidine rings is 1. The molecule has 0 unspecified atom stereocenters. The first kappa shape index (κ1) is 16.4. The maximum absolute atomic E-state index is 12.5. The number of nitrogens with zero attached hydrogens (tertiary/aromatic N) is 1. The Hall–Kier alpha value is -1.98. The number of alkyl halides is 3. The van der Waals surface area contributed by atoms with Gasteiger partial charge in [-0.25, -0.2) is 0 Å². The molecule has 1 aliphatic rings. The molecule has 1 aliphatic heterocycles. The Labute approximate surface area is 127 Å². The molecule has 1 aromatic rings. The zero-order valence-electron chi connectivity index (χ0n) is 12.4. The molecule has 0 atom stereocenters. The minimum atomic E-state index is -4.74. The average molecular weight is 312 g/mol. The van der Waals surface area contributed by atoms with Crippen LogP contribution in [0.2, 0.25) is 0 Å². The molecule has 0 spiro atoms. The van der Waals surface area contributed by atoms with Crippen LogP contribution in [-0.4, -0.2) is 30.2 Å². The molecular formula is C16H19F3N2O. The third-order valence-electron chi connectivity index (χ3n) is 3.74. The second-order valence-electron chi connectivity index (χ2n) is 5.33. The minimum absolute atomic E-state index is 0.0832. The monoisotopic (exact) mass is 312 g/mol. The first-order valence-electron chi connectivity index (χ1n) is 7.29. The third kappa shape index (κ3) is 4.26. The number of hydrogen-bond acceptors (Lipinski definition) is 2. The largest absolute Gasteiger partial charge is 0.484 e. The van der Waals surface area contributed by atoms with E-state index >= 15 is 0 Å². The van der Waals surface area contributed by atoms with E-state index in [1.54, 1.807) is 37.3 Å². The molecular weight excluding hydrogens is 293 g/mol. The van der Waals surface area contributed by atoms with E-state index in [1.807, 2.05) is 4.90 Å². The SMILES string of the molecule is C/C(=C(/C(=O)NC(F)(F)F)c1ccccc1)N1CCCCC1. The van der Waals surface area contributed by atoms with Crippen molar-refractivity contribution >= 4 is 11.5 Å². The molecule has 1 saturated heterocycles. The van der Waals surface area contributed by atoms with Crippen molar-refractivity contribution in [2.24, 2.45) is 0 Å². The standard InChI is InChI=1S/C16H19F3N2O/c1-12(21-10-6-3-7-11-21)14(13-8-4-2-5-9-13)15(22)20-16(17,18)19/h2,4-5,8-9H,3,6-7,10-11H2,1H3,(H,20,22)/b14-12-. The number of halogens is 3. The predicted octanol–water partition coefficient (Wildman–Crippen LogP) is 3.54. The van der Waals surface area contributed by atoms with Crippen molar-refractivity contribution in [2.45, 2.75) is 32.5 Å². The number of hydrogen-bond donors (Lipinski definition) is 1. The smallest absolute Gasteiger partial charge is 0.374 e. The lowest BCUT2D eigenvalue weighted by molar-refractivity contribution is -0.166. The van der Waals surface area contributed by atoms with E-state index in [-0.39, 0.29) is 5.57 Å². The Bertz CT molecular complexity index is 546. The fourth-order valence-electron chi connectivity index (χ4n) is 2.69. The molecule has 1 heterocycles. The molecule has 1 fully saturated rings. The van der Waals surface area contributed by atoms with Gasteiger partial charge in [0.25, 0.3) is 5.91 Å². The zero-order chi connectivity index (χ0) is 16.2. The second kappa shape index (κ2) is 6.85. The van der Waals surface area contributed by atoms with E-state index in [4.69, 9.17) is 0 Å². The Morgan fingerprint density at radius 1 is 1.09 bits per heavy atom. The van der Waals surface area contributed by atoms with Gasteiger partial charge in [0, 0.05) is 18.8 Å². The number of benzene rings is 1. The van der Waals surface area contributed by atoms with Crippen molar-refractivity contribution in [1.29, 1.82) is 0 Å². The molecule has 1 N–H and O–H groups in total. The molecule has 0 aromatic heterocycles. The first-order chi connectivity index (χ1) is 10.4. The molecule has 120 valence electrons. The number of carbonyl (C=O) groups is 1. The van der Waals surface area contributed by atoms with Crippen molar-refractivity contribution in [3.8, 4) is 0 Å². The van der Waals surface area contributed by atoms with Gasteiger partial charge < -0.3 is 4.90 Å². The van der Waals surface area contributed by atoms with Crippen molar-refractivity contribution in [1.82, 2.24) is 10.2 Å². The van der Waals surface area contributed by atoms with Gasteiger partial charge in [-0.1, -0.05) is 30.3 Å². The highest BCUT2D eigenvalue weighted by atomic mass is 19.4. The van der Waals surface area contributed by atoms with Gasteiger partial charge in [0.05, 0.1) is 5.57 Å². The topological polar surface area (TPSA) is 32.3 Å². The fraction of sp³-hybridized carbons (Fsp3) is 0.438. The Morgan fingerprint density at radius 2 is 1.68 bits per heavy atom. The summed E-state index contributed by atoms with van der Waals surface area (Å²) in [5, 5.41) is 1.11. The lowest BCUT2D eigenvalue weighted by atomic mass is 10.0. The number of rotatable bonds is 3. The van der Waals surface area contributed by atoms with Crippen LogP contribution in [0.5, 0.6) is 0 Å². The molecule has 1 aromatic carbocycles. The Kier molecular flexibility index (Phi) is 5.11. The van der Waals surface area contributed by atoms with Crippen LogP contribution in [0.4, 0.5) is 13.2 Å². The van der Waals surface area contributed by atoms with E-state index < -0.39 is 12.2 Å². The zero-order valence-corrected chi connectivity index (χ0v) is 12.4. The summed E-state index contributed by atoms with van der Waals surface area (Å²) in [5.41, 5.74) is 1.17. The molecule has 0 saturated carbocycles. The second-order valence-corrected chi connectivity index (χ2v) is 5.33. The van der Waals surface area contributed by atoms with Crippen molar-refractivity contribution in [2.75, 3.05) is 13.1 Å². The summed E-state index contributed by atoms with van der Waals surface area (Å²) in [5.74, 6) is -1.11. The highest BCUT2D eigenvalue weighted by molar-refractivity contribution is 6.20. The maximum atomic E-state index is 12.5. The highest BCUT2D eigenvalue weighted by Gasteiger charge is 2.33. The van der Waals surface area contributed by atoms with Crippen molar-refractivity contribution in [3.05, 3.63) is 41.6 Å². The molecule has 0 radical (unpaired) electrons. The normalized spacial score (nSPS) is 17.0. The van der Waals surface area contributed by atoms with Gasteiger partial charge in [-0.05, 0) is 31.7 Å². The minimum Gasteiger partial charge on any atom is -0.374 e. The van der Waals surface area contributed by atoms with E-state index in [0.717, 1.165) is 37.7 Å². The Balaban J connectivity index is 2.38. The summed E-state index contributed by atoms with van der Waals surface area (Å²) in [6, 6.07) is 8.48. The Morgan fingerprint density at radius 3 is 2.23 bits per heavy atom. The van der Waals surface area contributed by atoms with E-state index in [0.29, 0.717) is 11.3 Å². The molecule has 3 nitrogen and oxygen atoms in total. The molecule has 22 heavy (non-hydrogen) atoms. The van der Waals surface area contributed by atoms with Gasteiger partial charge in [-0.3, -0.25) is 10.1 Å². The van der Waals surface area contributed by atoms with Gasteiger partial charge in [0.1, 0.15) is 0 Å². The van der Waals surface area contributed by atoms with Gasteiger partial charge in [-0.2, -0.15) is 13.2 Å². The lowest BCUT2D eigenvalue weighted by Gasteiger charge is -2.31. The van der Waals surface area contributed by atoms with Gasteiger partial charge in [0.15, 0.2) is 0 Å². The number of carbonyl (C=O) groups excluding carboxylic acids is 1. The quantitative estimate of drug-likeness (QED) is 0.684. The molecule has 0 aliphatic carbocycles. The summed E-state index contributed by atoms with van der Waals surface area (Å²) < 4.78 is 37.6. The predicted molar refractivity (Wildman–Crippen MR) is 78.7 cm³/mol. The third-order valence-corrected chi connectivity index (χ3v) is 3.74. The van der Waals surface area contributed by atoms with Crippen LogP contribution in [0.3, 0.4) is 0 Å². The number of likely N-dealkylation sites (tertiary alicyclic amines) is 1. The van der Waals surface area contributed by atoms with Crippen molar-refractivity contribution in [3.63, 3.8) is 0 Å². The van der Waals surface area contributed by atoms with E-state index in [9.17, 15) is 18.0 Å². The van der Waals surface area contributed by atoms with E-state index in [1.165, 1.54) is 0 Å². The summed E-state index contributed by atoms with van der Waals surface area (Å²) in [4.78, 5) is 14.1. The number of allylic oxidation sites excluding steroid dienone is 1. The van der Waals surface area contributed by atoms with Gasteiger partial charge >= 0.3 is 6.30 Å². The molecule has 2 rings (SSSR count). The summed E-state index contributed by atoms with van der Waals surface area (Å²) >= 11 is 0. The van der Waals surface area contributed by atoms with Gasteiger partial charge in [0.2, 0.25) is 0 Å². The molecule has 6 heteroatoms.